The van der Waals surface area contributed by atoms with Crippen LogP contribution in [-0.4, -0.2) is 40.5 Å². The molecule has 1 heterocycles. The Morgan fingerprint density at radius 1 is 1.08 bits per heavy atom. The van der Waals surface area contributed by atoms with Crippen molar-refractivity contribution in [3.8, 4) is 28.5 Å². The summed E-state index contributed by atoms with van der Waals surface area (Å²) in [6.07, 6.45) is 0. The molecule has 7 nitrogen and oxygen atoms in total. The summed E-state index contributed by atoms with van der Waals surface area (Å²) < 4.78 is 10.5. The molecule has 0 spiro atoms. The predicted octanol–water partition coefficient (Wildman–Crippen LogP) is 2.43. The van der Waals surface area contributed by atoms with Crippen LogP contribution in [0.1, 0.15) is 16.1 Å². The first-order chi connectivity index (χ1) is 11.7. The molecule has 2 N–H and O–H groups in total. The summed E-state index contributed by atoms with van der Waals surface area (Å²) in [6, 6.07) is 11.4. The number of para-hydroxylation sites is 1. The average molecular weight is 325 g/mol. The molecule has 0 saturated carbocycles. The van der Waals surface area contributed by atoms with E-state index in [1.165, 1.54) is 19.2 Å². The van der Waals surface area contributed by atoms with E-state index in [1.54, 1.807) is 37.4 Å². The van der Waals surface area contributed by atoms with Gasteiger partial charge in [0, 0.05) is 11.6 Å². The van der Waals surface area contributed by atoms with E-state index < -0.39 is 5.78 Å². The van der Waals surface area contributed by atoms with E-state index in [4.69, 9.17) is 9.47 Å². The highest BCUT2D eigenvalue weighted by Gasteiger charge is 2.23. The summed E-state index contributed by atoms with van der Waals surface area (Å²) in [6.45, 7) is 0. The summed E-state index contributed by atoms with van der Waals surface area (Å²) in [7, 11) is 3.07. The minimum Gasteiger partial charge on any atom is -0.507 e. The fourth-order valence-corrected chi connectivity index (χ4v) is 2.36. The Hall–Kier alpha value is -3.35. The number of hydrogen-bond acceptors (Lipinski definition) is 6. The summed E-state index contributed by atoms with van der Waals surface area (Å²) >= 11 is 0. The van der Waals surface area contributed by atoms with Gasteiger partial charge in [0.15, 0.2) is 5.69 Å². The Morgan fingerprint density at radius 2 is 1.88 bits per heavy atom. The number of benzene rings is 2. The maximum absolute atomic E-state index is 12.7. The number of aromatic amines is 1. The number of carbonyl (C=O) groups excluding carboxylic acids is 1. The van der Waals surface area contributed by atoms with Crippen LogP contribution in [0.15, 0.2) is 42.5 Å². The Bertz CT molecular complexity index is 889. The van der Waals surface area contributed by atoms with E-state index in [9.17, 15) is 9.90 Å². The molecule has 1 aromatic heterocycles. The van der Waals surface area contributed by atoms with Crippen molar-refractivity contribution in [1.82, 2.24) is 15.4 Å². The molecule has 0 aliphatic carbocycles. The fraction of sp³-hybridized carbons (Fsp3) is 0.118. The number of methoxy groups -OCH3 is 2. The number of carbonyl (C=O) groups is 1. The Kier molecular flexibility index (Phi) is 4.15. The van der Waals surface area contributed by atoms with E-state index in [2.05, 4.69) is 15.4 Å². The summed E-state index contributed by atoms with van der Waals surface area (Å²) in [5.41, 5.74) is 1.17. The number of hydrogen-bond donors (Lipinski definition) is 2. The van der Waals surface area contributed by atoms with E-state index in [-0.39, 0.29) is 17.0 Å². The summed E-state index contributed by atoms with van der Waals surface area (Å²) in [5.74, 6) is 0.565. The largest absolute Gasteiger partial charge is 0.507 e. The van der Waals surface area contributed by atoms with Gasteiger partial charge < -0.3 is 14.6 Å². The van der Waals surface area contributed by atoms with Gasteiger partial charge in [-0.3, -0.25) is 4.79 Å². The maximum Gasteiger partial charge on any atom is 0.219 e. The molecule has 24 heavy (non-hydrogen) atoms. The van der Waals surface area contributed by atoms with Crippen LogP contribution < -0.4 is 9.47 Å². The molecule has 2 aromatic carbocycles. The molecule has 3 rings (SSSR count). The minimum absolute atomic E-state index is 0.0972. The van der Waals surface area contributed by atoms with Crippen molar-refractivity contribution in [1.29, 1.82) is 0 Å². The molecule has 0 amide bonds. The molecule has 0 atom stereocenters. The fourth-order valence-electron chi connectivity index (χ4n) is 2.36. The van der Waals surface area contributed by atoms with Crippen LogP contribution in [0, 0.1) is 0 Å². The third-order valence-corrected chi connectivity index (χ3v) is 3.58. The van der Waals surface area contributed by atoms with Gasteiger partial charge in [-0.25, -0.2) is 0 Å². The van der Waals surface area contributed by atoms with Crippen LogP contribution in [0.5, 0.6) is 17.2 Å². The third-order valence-electron chi connectivity index (χ3n) is 3.58. The van der Waals surface area contributed by atoms with E-state index >= 15 is 0 Å². The lowest BCUT2D eigenvalue weighted by atomic mass is 10.0. The monoisotopic (exact) mass is 325 g/mol. The summed E-state index contributed by atoms with van der Waals surface area (Å²) in [5, 5.41) is 20.4. The second kappa shape index (κ2) is 6.41. The van der Waals surface area contributed by atoms with Crippen LogP contribution in [0.2, 0.25) is 0 Å². The van der Waals surface area contributed by atoms with Crippen molar-refractivity contribution in [3.63, 3.8) is 0 Å². The minimum atomic E-state index is -0.435. The second-order valence-electron chi connectivity index (χ2n) is 4.93. The smallest absolute Gasteiger partial charge is 0.219 e. The first kappa shape index (κ1) is 15.5. The van der Waals surface area contributed by atoms with Gasteiger partial charge in [-0.05, 0) is 24.3 Å². The number of phenols is 1. The second-order valence-corrected chi connectivity index (χ2v) is 4.93. The number of phenolic OH excluding ortho intramolecular Hbond substituents is 1. The molecular formula is C17H15N3O4. The van der Waals surface area contributed by atoms with E-state index in [1.807, 2.05) is 0 Å². The molecule has 0 radical (unpaired) electrons. The molecule has 0 unspecified atom stereocenters. The molecule has 3 aromatic rings. The van der Waals surface area contributed by atoms with Crippen molar-refractivity contribution in [2.45, 2.75) is 0 Å². The number of nitrogens with zero attached hydrogens (tertiary/aromatic N) is 2. The van der Waals surface area contributed by atoms with Crippen molar-refractivity contribution in [3.05, 3.63) is 53.7 Å². The van der Waals surface area contributed by atoms with Crippen LogP contribution in [0.4, 0.5) is 0 Å². The topological polar surface area (TPSA) is 97.3 Å². The molecule has 0 aliphatic rings. The van der Waals surface area contributed by atoms with Crippen molar-refractivity contribution in [2.75, 3.05) is 14.2 Å². The molecule has 0 bridgehead atoms. The zero-order valence-corrected chi connectivity index (χ0v) is 13.1. The molecule has 0 saturated heterocycles. The molecule has 0 aliphatic heterocycles. The van der Waals surface area contributed by atoms with E-state index in [0.29, 0.717) is 22.8 Å². The number of ketones is 1. The van der Waals surface area contributed by atoms with Gasteiger partial charge in [0.25, 0.3) is 0 Å². The lowest BCUT2D eigenvalue weighted by Crippen LogP contribution is -2.04. The van der Waals surface area contributed by atoms with Gasteiger partial charge in [-0.2, -0.15) is 15.4 Å². The lowest BCUT2D eigenvalue weighted by Gasteiger charge is -2.09. The highest BCUT2D eigenvalue weighted by molar-refractivity contribution is 6.12. The quantitative estimate of drug-likeness (QED) is 0.699. The summed E-state index contributed by atoms with van der Waals surface area (Å²) in [4.78, 5) is 12.7. The van der Waals surface area contributed by atoms with Gasteiger partial charge in [0.2, 0.25) is 5.78 Å². The van der Waals surface area contributed by atoms with Gasteiger partial charge in [-0.1, -0.05) is 12.1 Å². The normalized spacial score (nSPS) is 10.4. The first-order valence-corrected chi connectivity index (χ1v) is 7.11. The Morgan fingerprint density at radius 3 is 2.58 bits per heavy atom. The number of aromatic nitrogens is 3. The van der Waals surface area contributed by atoms with Crippen LogP contribution in [0.25, 0.3) is 11.3 Å². The zero-order valence-electron chi connectivity index (χ0n) is 13.1. The van der Waals surface area contributed by atoms with E-state index in [0.717, 1.165) is 0 Å². The van der Waals surface area contributed by atoms with Crippen LogP contribution in [-0.2, 0) is 0 Å². The standard InChI is InChI=1S/C17H15N3O4/c1-23-10-7-8-12(14(9-10)24-2)15-16(19-20-18-15)17(22)11-5-3-4-6-13(11)21/h3-9,21H,1-2H3,(H,18,19,20). The first-order valence-electron chi connectivity index (χ1n) is 7.11. The number of nitrogens with one attached hydrogen (secondary N) is 1. The lowest BCUT2D eigenvalue weighted by molar-refractivity contribution is 0.103. The maximum atomic E-state index is 12.7. The number of ether oxygens (including phenoxy) is 2. The predicted molar refractivity (Wildman–Crippen MR) is 86.5 cm³/mol. The molecule has 7 heteroatoms. The number of aromatic hydroxyl groups is 1. The van der Waals surface area contributed by atoms with Crippen molar-refractivity contribution >= 4 is 5.78 Å². The van der Waals surface area contributed by atoms with Crippen LogP contribution >= 0.6 is 0 Å². The van der Waals surface area contributed by atoms with Crippen molar-refractivity contribution < 1.29 is 19.4 Å². The number of rotatable bonds is 5. The Labute approximate surface area is 137 Å². The highest BCUT2D eigenvalue weighted by atomic mass is 16.5. The molecule has 0 fully saturated rings. The molecule has 122 valence electrons. The van der Waals surface area contributed by atoms with Gasteiger partial charge in [0.05, 0.1) is 19.8 Å². The van der Waals surface area contributed by atoms with Gasteiger partial charge in [0.1, 0.15) is 22.9 Å². The van der Waals surface area contributed by atoms with Gasteiger partial charge >= 0.3 is 0 Å². The average Bonchev–Trinajstić information content (AvgIpc) is 3.10. The third kappa shape index (κ3) is 2.67. The Balaban J connectivity index is 2.09. The SMILES string of the molecule is COc1ccc(-c2n[nH]nc2C(=O)c2ccccc2O)c(OC)c1. The van der Waals surface area contributed by atoms with Crippen LogP contribution in [0.3, 0.4) is 0 Å². The van der Waals surface area contributed by atoms with Crippen molar-refractivity contribution in [2.24, 2.45) is 0 Å². The highest BCUT2D eigenvalue weighted by Crippen LogP contribution is 2.34. The van der Waals surface area contributed by atoms with Gasteiger partial charge in [-0.15, -0.1) is 0 Å². The number of H-pyrrole nitrogens is 1. The molecular weight excluding hydrogens is 310 g/mol. The zero-order chi connectivity index (χ0) is 17.1.